The van der Waals surface area contributed by atoms with E-state index >= 15 is 0 Å². The maximum absolute atomic E-state index is 2.00. The summed E-state index contributed by atoms with van der Waals surface area (Å²) in [5.74, 6) is 0. The molecule has 0 aliphatic carbocycles. The predicted octanol–water partition coefficient (Wildman–Crippen LogP) is 2.05. The van der Waals surface area contributed by atoms with E-state index in [2.05, 4.69) is 0 Å². The van der Waals surface area contributed by atoms with E-state index in [9.17, 15) is 0 Å². The molecule has 1 radical (unpaired) electrons. The van der Waals surface area contributed by atoms with Gasteiger partial charge in [-0.25, -0.2) is 9.13 Å². The molecule has 17 heavy (non-hydrogen) atoms. The summed E-state index contributed by atoms with van der Waals surface area (Å²) in [5.41, 5.74) is 0. The molecule has 0 aliphatic rings. The van der Waals surface area contributed by atoms with Crippen molar-refractivity contribution < 1.29 is 27.7 Å². The van der Waals surface area contributed by atoms with Crippen LogP contribution in [0.5, 0.6) is 0 Å². The number of hydrogen-bond acceptors (Lipinski definition) is 0. The van der Waals surface area contributed by atoms with Gasteiger partial charge in [0.15, 0.2) is 24.8 Å². The fraction of sp³-hybridized carbons (Fsp3) is 0.286. The van der Waals surface area contributed by atoms with E-state index in [1.54, 1.807) is 0 Å². The van der Waals surface area contributed by atoms with E-state index in [1.165, 1.54) is 0 Å². The van der Waals surface area contributed by atoms with E-state index in [0.717, 1.165) is 0 Å². The van der Waals surface area contributed by atoms with Gasteiger partial charge in [0.2, 0.25) is 0 Å². The Balaban J connectivity index is 0. The van der Waals surface area contributed by atoms with Gasteiger partial charge in [-0.2, -0.15) is 0 Å². The van der Waals surface area contributed by atoms with Gasteiger partial charge in [0, 0.05) is 42.8 Å². The van der Waals surface area contributed by atoms with Crippen LogP contribution in [0.4, 0.5) is 0 Å². The largest absolute Gasteiger partial charge is 0.208 e. The van der Waals surface area contributed by atoms with E-state index < -0.39 is 0 Å². The second-order valence-corrected chi connectivity index (χ2v) is 3.08. The van der Waals surface area contributed by atoms with Crippen molar-refractivity contribution in [2.24, 2.45) is 14.1 Å². The standard InChI is InChI=1S/2C6H8N.C2H6.V/c2*1-7-5-3-2-4-6-7;1-2;/h2*2-6H,1H3;1-2H3;/q2*+1;;. The zero-order valence-corrected chi connectivity index (χ0v) is 12.5. The van der Waals surface area contributed by atoms with E-state index in [-0.39, 0.29) is 18.6 Å². The van der Waals surface area contributed by atoms with Gasteiger partial charge in [-0.05, 0) is 0 Å². The van der Waals surface area contributed by atoms with Gasteiger partial charge >= 0.3 is 0 Å². The summed E-state index contributed by atoms with van der Waals surface area (Å²) in [6.07, 6.45) is 8.00. The van der Waals surface area contributed by atoms with Crippen LogP contribution < -0.4 is 9.13 Å². The average Bonchev–Trinajstić information content (AvgIpc) is 2.34. The normalized spacial score (nSPS) is 7.53. The summed E-state index contributed by atoms with van der Waals surface area (Å²) in [4.78, 5) is 0. The summed E-state index contributed by atoms with van der Waals surface area (Å²) in [5, 5.41) is 0. The number of pyridine rings is 2. The molecule has 0 bridgehead atoms. The Hall–Kier alpha value is -1.12. The maximum atomic E-state index is 2.00. The van der Waals surface area contributed by atoms with Crippen LogP contribution in [0, 0.1) is 0 Å². The van der Waals surface area contributed by atoms with E-state index in [4.69, 9.17) is 0 Å². The first-order valence-corrected chi connectivity index (χ1v) is 5.59. The summed E-state index contributed by atoms with van der Waals surface area (Å²) >= 11 is 0. The van der Waals surface area contributed by atoms with Crippen molar-refractivity contribution in [3.8, 4) is 0 Å². The topological polar surface area (TPSA) is 7.76 Å². The zero-order valence-electron chi connectivity index (χ0n) is 11.1. The van der Waals surface area contributed by atoms with Crippen molar-refractivity contribution in [3.05, 3.63) is 61.2 Å². The van der Waals surface area contributed by atoms with Gasteiger partial charge < -0.3 is 0 Å². The first-order chi connectivity index (χ1) is 7.79. The first-order valence-electron chi connectivity index (χ1n) is 5.59. The summed E-state index contributed by atoms with van der Waals surface area (Å²) in [7, 11) is 4.00. The average molecular weight is 269 g/mol. The van der Waals surface area contributed by atoms with Gasteiger partial charge in [0.1, 0.15) is 14.1 Å². The molecule has 0 amide bonds. The molecule has 0 atom stereocenters. The molecule has 2 nitrogen and oxygen atoms in total. The van der Waals surface area contributed by atoms with Crippen molar-refractivity contribution in [3.63, 3.8) is 0 Å². The van der Waals surface area contributed by atoms with Crippen LogP contribution in [0.15, 0.2) is 61.2 Å². The Labute approximate surface area is 117 Å². The molecule has 0 spiro atoms. The fourth-order valence-electron chi connectivity index (χ4n) is 0.969. The summed E-state index contributed by atoms with van der Waals surface area (Å²) < 4.78 is 4.00. The molecule has 0 fully saturated rings. The van der Waals surface area contributed by atoms with Gasteiger partial charge in [-0.3, -0.25) is 0 Å². The Morgan fingerprint density at radius 2 is 0.765 bits per heavy atom. The minimum Gasteiger partial charge on any atom is -0.208 e. The smallest absolute Gasteiger partial charge is 0.168 e. The van der Waals surface area contributed by atoms with Crippen LogP contribution in [0.1, 0.15) is 13.8 Å². The van der Waals surface area contributed by atoms with Crippen molar-refractivity contribution in [2.75, 3.05) is 0 Å². The SMILES string of the molecule is CC.C[n+]1ccccc1.C[n+]1ccccc1.[V]. The predicted molar refractivity (Wildman–Crippen MR) is 66.6 cm³/mol. The molecule has 2 heterocycles. The molecule has 0 aromatic carbocycles. The quantitative estimate of drug-likeness (QED) is 0.647. The molecule has 0 aliphatic heterocycles. The third kappa shape index (κ3) is 11.2. The van der Waals surface area contributed by atoms with Crippen LogP contribution in [-0.2, 0) is 32.7 Å². The molecule has 91 valence electrons. The fourth-order valence-corrected chi connectivity index (χ4v) is 0.969. The molecule has 3 heteroatoms. The van der Waals surface area contributed by atoms with Gasteiger partial charge in [0.25, 0.3) is 0 Å². The van der Waals surface area contributed by atoms with Crippen molar-refractivity contribution in [2.45, 2.75) is 13.8 Å². The van der Waals surface area contributed by atoms with Crippen LogP contribution in [0.25, 0.3) is 0 Å². The third-order valence-electron chi connectivity index (χ3n) is 1.73. The van der Waals surface area contributed by atoms with Crippen LogP contribution in [0.2, 0.25) is 0 Å². The number of aromatic nitrogens is 2. The van der Waals surface area contributed by atoms with Gasteiger partial charge in [-0.15, -0.1) is 0 Å². The zero-order chi connectivity index (χ0) is 12.2. The minimum atomic E-state index is 0. The molecular weight excluding hydrogens is 247 g/mol. The van der Waals surface area contributed by atoms with E-state index in [0.29, 0.717) is 0 Å². The Morgan fingerprint density at radius 3 is 0.882 bits per heavy atom. The van der Waals surface area contributed by atoms with Crippen LogP contribution in [0.3, 0.4) is 0 Å². The van der Waals surface area contributed by atoms with Crippen molar-refractivity contribution in [1.29, 1.82) is 0 Å². The van der Waals surface area contributed by atoms with Crippen molar-refractivity contribution in [1.82, 2.24) is 0 Å². The summed E-state index contributed by atoms with van der Waals surface area (Å²) in [6.45, 7) is 4.00. The summed E-state index contributed by atoms with van der Waals surface area (Å²) in [6, 6.07) is 12.0. The third-order valence-corrected chi connectivity index (χ3v) is 1.73. The number of nitrogens with zero attached hydrogens (tertiary/aromatic N) is 2. The Kier molecular flexibility index (Phi) is 13.9. The van der Waals surface area contributed by atoms with Crippen LogP contribution >= 0.6 is 0 Å². The second kappa shape index (κ2) is 13.0. The van der Waals surface area contributed by atoms with Crippen LogP contribution in [-0.4, -0.2) is 0 Å². The second-order valence-electron chi connectivity index (χ2n) is 3.08. The molecule has 2 aromatic rings. The van der Waals surface area contributed by atoms with Gasteiger partial charge in [-0.1, -0.05) is 26.0 Å². The maximum Gasteiger partial charge on any atom is 0.168 e. The van der Waals surface area contributed by atoms with Gasteiger partial charge in [0.05, 0.1) is 0 Å². The molecule has 0 saturated heterocycles. The molecule has 0 unspecified atom stereocenters. The van der Waals surface area contributed by atoms with Crippen molar-refractivity contribution >= 4 is 0 Å². The number of hydrogen-bond donors (Lipinski definition) is 0. The first kappa shape index (κ1) is 18.3. The Morgan fingerprint density at radius 1 is 0.529 bits per heavy atom. The molecule has 0 N–H and O–H groups in total. The monoisotopic (exact) mass is 269 g/mol. The number of rotatable bonds is 0. The molecule has 0 saturated carbocycles. The Bertz CT molecular complexity index is 312. The van der Waals surface area contributed by atoms with E-state index in [1.807, 2.05) is 98.3 Å². The molecule has 2 rings (SSSR count). The minimum absolute atomic E-state index is 0. The molecular formula is C14H22N2V+2. The number of aryl methyl sites for hydroxylation is 2. The molecule has 2 aromatic heterocycles.